The molecule has 0 radical (unpaired) electrons. The van der Waals surface area contributed by atoms with E-state index in [-0.39, 0.29) is 6.10 Å². The van der Waals surface area contributed by atoms with Crippen LogP contribution in [-0.2, 0) is 17.6 Å². The maximum absolute atomic E-state index is 5.85. The molecular formula is C13H17ClN2O. The largest absolute Gasteiger partial charge is 0.373 e. The van der Waals surface area contributed by atoms with E-state index in [0.717, 1.165) is 31.9 Å². The Morgan fingerprint density at radius 2 is 2.35 bits per heavy atom. The predicted molar refractivity (Wildman–Crippen MR) is 68.9 cm³/mol. The van der Waals surface area contributed by atoms with Gasteiger partial charge in [-0.1, -0.05) is 6.07 Å². The zero-order valence-corrected chi connectivity index (χ0v) is 10.6. The first-order valence-corrected chi connectivity index (χ1v) is 6.81. The Bertz CT molecular complexity index is 410. The Morgan fingerprint density at radius 3 is 3.24 bits per heavy atom. The zero-order valence-electron chi connectivity index (χ0n) is 9.86. The Hall–Kier alpha value is -0.800. The Kier molecular flexibility index (Phi) is 3.21. The summed E-state index contributed by atoms with van der Waals surface area (Å²) in [4.78, 5) is 7.06. The molecule has 1 saturated heterocycles. The second kappa shape index (κ2) is 4.83. The van der Waals surface area contributed by atoms with Crippen LogP contribution < -0.4 is 4.90 Å². The highest BCUT2D eigenvalue weighted by atomic mass is 35.5. The molecule has 1 fully saturated rings. The number of morpholine rings is 1. The third-order valence-corrected chi connectivity index (χ3v) is 3.89. The van der Waals surface area contributed by atoms with Crippen LogP contribution >= 0.6 is 11.6 Å². The molecule has 4 heteroatoms. The van der Waals surface area contributed by atoms with Crippen molar-refractivity contribution in [2.45, 2.75) is 25.4 Å². The van der Waals surface area contributed by atoms with Gasteiger partial charge in [0.1, 0.15) is 5.82 Å². The number of rotatable bonds is 2. The Morgan fingerprint density at radius 1 is 1.41 bits per heavy atom. The van der Waals surface area contributed by atoms with Gasteiger partial charge in [-0.25, -0.2) is 4.98 Å². The molecule has 1 aromatic heterocycles. The number of fused-ring (bicyclic) bond motifs is 1. The van der Waals surface area contributed by atoms with Gasteiger partial charge < -0.3 is 9.64 Å². The van der Waals surface area contributed by atoms with Crippen LogP contribution in [0.3, 0.4) is 0 Å². The Balaban J connectivity index is 1.79. The maximum Gasteiger partial charge on any atom is 0.128 e. The number of aromatic nitrogens is 1. The fraction of sp³-hybridized carbons (Fsp3) is 0.615. The molecule has 0 N–H and O–H groups in total. The molecule has 17 heavy (non-hydrogen) atoms. The van der Waals surface area contributed by atoms with Crippen molar-refractivity contribution in [3.63, 3.8) is 0 Å². The van der Waals surface area contributed by atoms with Gasteiger partial charge >= 0.3 is 0 Å². The van der Waals surface area contributed by atoms with E-state index < -0.39 is 0 Å². The molecule has 0 amide bonds. The summed E-state index contributed by atoms with van der Waals surface area (Å²) in [7, 11) is 0. The number of halogens is 1. The van der Waals surface area contributed by atoms with Gasteiger partial charge in [0, 0.05) is 18.8 Å². The molecule has 1 unspecified atom stereocenters. The summed E-state index contributed by atoms with van der Waals surface area (Å²) in [6, 6.07) is 4.37. The summed E-state index contributed by atoms with van der Waals surface area (Å²) >= 11 is 5.85. The highest BCUT2D eigenvalue weighted by molar-refractivity contribution is 6.18. The molecule has 2 aliphatic rings. The molecular weight excluding hydrogens is 236 g/mol. The third-order valence-electron chi connectivity index (χ3n) is 3.55. The van der Waals surface area contributed by atoms with Gasteiger partial charge in [-0.05, 0) is 30.9 Å². The lowest BCUT2D eigenvalue weighted by molar-refractivity contribution is 0.0551. The summed E-state index contributed by atoms with van der Waals surface area (Å²) in [5, 5.41) is 0. The van der Waals surface area contributed by atoms with E-state index >= 15 is 0 Å². The second-order valence-corrected chi connectivity index (χ2v) is 5.03. The van der Waals surface area contributed by atoms with Crippen molar-refractivity contribution in [1.82, 2.24) is 4.98 Å². The number of pyridine rings is 1. The van der Waals surface area contributed by atoms with Crippen molar-refractivity contribution in [1.29, 1.82) is 0 Å². The van der Waals surface area contributed by atoms with Crippen LogP contribution in [0.2, 0.25) is 0 Å². The summed E-state index contributed by atoms with van der Waals surface area (Å²) in [6.07, 6.45) is 3.71. The van der Waals surface area contributed by atoms with Crippen LogP contribution in [0.25, 0.3) is 0 Å². The van der Waals surface area contributed by atoms with Crippen LogP contribution in [-0.4, -0.2) is 36.7 Å². The monoisotopic (exact) mass is 252 g/mol. The summed E-state index contributed by atoms with van der Waals surface area (Å²) in [5.74, 6) is 1.64. The highest BCUT2D eigenvalue weighted by Crippen LogP contribution is 2.24. The van der Waals surface area contributed by atoms with Gasteiger partial charge in [0.25, 0.3) is 0 Å². The van der Waals surface area contributed by atoms with E-state index in [9.17, 15) is 0 Å². The zero-order chi connectivity index (χ0) is 11.7. The molecule has 0 spiro atoms. The standard InChI is InChI=1S/C13H17ClN2O/c14-8-11-9-16(6-7-17-11)13-5-4-10-2-1-3-12(10)15-13/h4-5,11H,1-3,6-9H2. The molecule has 3 rings (SSSR count). The molecule has 0 aromatic carbocycles. The minimum atomic E-state index is 0.139. The lowest BCUT2D eigenvalue weighted by Gasteiger charge is -2.33. The van der Waals surface area contributed by atoms with E-state index in [2.05, 4.69) is 17.0 Å². The van der Waals surface area contributed by atoms with Gasteiger partial charge in [-0.2, -0.15) is 0 Å². The number of anilines is 1. The fourth-order valence-corrected chi connectivity index (χ4v) is 2.79. The molecule has 1 aliphatic carbocycles. The van der Waals surface area contributed by atoms with Crippen LogP contribution in [0.4, 0.5) is 5.82 Å². The highest BCUT2D eigenvalue weighted by Gasteiger charge is 2.22. The molecule has 1 aliphatic heterocycles. The van der Waals surface area contributed by atoms with Crippen molar-refractivity contribution in [2.75, 3.05) is 30.5 Å². The molecule has 0 bridgehead atoms. The van der Waals surface area contributed by atoms with E-state index in [4.69, 9.17) is 21.3 Å². The number of alkyl halides is 1. The lowest BCUT2D eigenvalue weighted by atomic mass is 10.2. The van der Waals surface area contributed by atoms with Gasteiger partial charge in [0.2, 0.25) is 0 Å². The van der Waals surface area contributed by atoms with Crippen LogP contribution in [0.15, 0.2) is 12.1 Å². The number of hydrogen-bond donors (Lipinski definition) is 0. The topological polar surface area (TPSA) is 25.4 Å². The second-order valence-electron chi connectivity index (χ2n) is 4.72. The molecule has 3 nitrogen and oxygen atoms in total. The normalized spacial score (nSPS) is 23.8. The van der Waals surface area contributed by atoms with Gasteiger partial charge in [0.05, 0.1) is 18.6 Å². The van der Waals surface area contributed by atoms with E-state index in [1.165, 1.54) is 24.1 Å². The van der Waals surface area contributed by atoms with Crippen molar-refractivity contribution >= 4 is 17.4 Å². The van der Waals surface area contributed by atoms with Gasteiger partial charge in [-0.3, -0.25) is 0 Å². The number of hydrogen-bond acceptors (Lipinski definition) is 3. The number of aryl methyl sites for hydroxylation is 2. The quantitative estimate of drug-likeness (QED) is 0.753. The molecule has 2 heterocycles. The van der Waals surface area contributed by atoms with Crippen LogP contribution in [0, 0.1) is 0 Å². The fourth-order valence-electron chi connectivity index (χ4n) is 2.61. The number of nitrogens with zero attached hydrogens (tertiary/aromatic N) is 2. The molecule has 1 atom stereocenters. The summed E-state index contributed by atoms with van der Waals surface area (Å²) < 4.78 is 5.57. The summed E-state index contributed by atoms with van der Waals surface area (Å²) in [6.45, 7) is 2.52. The van der Waals surface area contributed by atoms with Crippen LogP contribution in [0.1, 0.15) is 17.7 Å². The number of ether oxygens (including phenoxy) is 1. The minimum Gasteiger partial charge on any atom is -0.373 e. The molecule has 1 aromatic rings. The molecule has 0 saturated carbocycles. The van der Waals surface area contributed by atoms with E-state index in [0.29, 0.717) is 5.88 Å². The van der Waals surface area contributed by atoms with Crippen LogP contribution in [0.5, 0.6) is 0 Å². The predicted octanol–water partition coefficient (Wildman–Crippen LogP) is 2.01. The van der Waals surface area contributed by atoms with Crippen molar-refractivity contribution < 1.29 is 4.74 Å². The molecule has 92 valence electrons. The van der Waals surface area contributed by atoms with Gasteiger partial charge in [0.15, 0.2) is 0 Å². The smallest absolute Gasteiger partial charge is 0.128 e. The maximum atomic E-state index is 5.85. The first kappa shape index (κ1) is 11.3. The lowest BCUT2D eigenvalue weighted by Crippen LogP contribution is -2.43. The SMILES string of the molecule is ClCC1CN(c2ccc3c(n2)CCC3)CCO1. The Labute approximate surface area is 107 Å². The van der Waals surface area contributed by atoms with Gasteiger partial charge in [-0.15, -0.1) is 11.6 Å². The van der Waals surface area contributed by atoms with Crippen molar-refractivity contribution in [2.24, 2.45) is 0 Å². The van der Waals surface area contributed by atoms with Crippen molar-refractivity contribution in [3.05, 3.63) is 23.4 Å². The third kappa shape index (κ3) is 2.26. The average molecular weight is 253 g/mol. The van der Waals surface area contributed by atoms with Crippen molar-refractivity contribution in [3.8, 4) is 0 Å². The first-order chi connectivity index (χ1) is 8.36. The van der Waals surface area contributed by atoms with E-state index in [1.807, 2.05) is 0 Å². The average Bonchev–Trinajstić information content (AvgIpc) is 2.86. The summed E-state index contributed by atoms with van der Waals surface area (Å²) in [5.41, 5.74) is 2.72. The minimum absolute atomic E-state index is 0.139. The first-order valence-electron chi connectivity index (χ1n) is 6.28. The van der Waals surface area contributed by atoms with E-state index in [1.54, 1.807) is 0 Å².